The van der Waals surface area contributed by atoms with Crippen LogP contribution < -0.4 is 11.1 Å². The molecule has 4 N–H and O–H groups in total. The molecule has 1 heterocycles. The Balaban J connectivity index is 1.95. The van der Waals surface area contributed by atoms with Crippen molar-refractivity contribution in [2.75, 3.05) is 26.2 Å². The van der Waals surface area contributed by atoms with Gasteiger partial charge in [0, 0.05) is 18.4 Å². The van der Waals surface area contributed by atoms with Gasteiger partial charge in [-0.1, -0.05) is 0 Å². The van der Waals surface area contributed by atoms with Crippen molar-refractivity contribution in [1.82, 2.24) is 15.3 Å². The molecule has 0 atom stereocenters. The second-order valence-corrected chi connectivity index (χ2v) is 4.09. The highest BCUT2D eigenvalue weighted by Crippen LogP contribution is 1.91. The number of unbranched alkanes of at least 4 members (excludes halogenated alkanes) is 1. The fraction of sp³-hybridized carbons (Fsp3) is 0.667. The summed E-state index contributed by atoms with van der Waals surface area (Å²) in [6.45, 7) is 5.67. The predicted octanol–water partition coefficient (Wildman–Crippen LogP) is 0.856. The van der Waals surface area contributed by atoms with Gasteiger partial charge in [-0.2, -0.15) is 0 Å². The molecule has 5 nitrogen and oxygen atoms in total. The van der Waals surface area contributed by atoms with Gasteiger partial charge in [0.05, 0.1) is 6.21 Å². The van der Waals surface area contributed by atoms with Crippen LogP contribution in [0.4, 0.5) is 0 Å². The van der Waals surface area contributed by atoms with Crippen LogP contribution in [0, 0.1) is 6.92 Å². The molecule has 0 aliphatic heterocycles. The molecule has 96 valence electrons. The topological polar surface area (TPSA) is 79.1 Å². The van der Waals surface area contributed by atoms with Crippen molar-refractivity contribution in [3.8, 4) is 0 Å². The first kappa shape index (κ1) is 13.9. The molecule has 0 aromatic carbocycles. The van der Waals surface area contributed by atoms with Gasteiger partial charge >= 0.3 is 0 Å². The van der Waals surface area contributed by atoms with E-state index in [9.17, 15) is 0 Å². The molecule has 1 rings (SSSR count). The third-order valence-corrected chi connectivity index (χ3v) is 2.38. The van der Waals surface area contributed by atoms with Gasteiger partial charge in [-0.15, -0.1) is 0 Å². The molecule has 0 spiro atoms. The Bertz CT molecular complexity index is 318. The number of H-pyrrole nitrogens is 1. The highest BCUT2D eigenvalue weighted by Gasteiger charge is 1.91. The van der Waals surface area contributed by atoms with Gasteiger partial charge in [0.15, 0.2) is 0 Å². The van der Waals surface area contributed by atoms with Crippen LogP contribution in [0.25, 0.3) is 0 Å². The molecule has 1 aromatic heterocycles. The minimum absolute atomic E-state index is 0.786. The number of aliphatic imine (C=N–C) groups is 1. The summed E-state index contributed by atoms with van der Waals surface area (Å²) in [7, 11) is 0. The molecule has 0 unspecified atom stereocenters. The maximum absolute atomic E-state index is 5.41. The fourth-order valence-corrected chi connectivity index (χ4v) is 1.46. The Morgan fingerprint density at radius 2 is 2.24 bits per heavy atom. The number of hydrogen-bond acceptors (Lipinski definition) is 4. The zero-order chi connectivity index (χ0) is 12.3. The van der Waals surface area contributed by atoms with Crippen molar-refractivity contribution in [3.05, 3.63) is 17.7 Å². The second-order valence-electron chi connectivity index (χ2n) is 4.09. The van der Waals surface area contributed by atoms with E-state index in [0.29, 0.717) is 0 Å². The number of aromatic amines is 1. The number of aryl methyl sites for hydroxylation is 1. The van der Waals surface area contributed by atoms with E-state index >= 15 is 0 Å². The van der Waals surface area contributed by atoms with Crippen LogP contribution in [0.15, 0.2) is 11.2 Å². The van der Waals surface area contributed by atoms with Crippen molar-refractivity contribution < 1.29 is 0 Å². The summed E-state index contributed by atoms with van der Waals surface area (Å²) >= 11 is 0. The van der Waals surface area contributed by atoms with Crippen LogP contribution in [0.5, 0.6) is 0 Å². The maximum Gasteiger partial charge on any atom is 0.148 e. The number of imidazole rings is 1. The number of nitrogens with two attached hydrogens (primary N) is 1. The largest absolute Gasteiger partial charge is 0.341 e. The molecule has 0 saturated carbocycles. The molecule has 17 heavy (non-hydrogen) atoms. The fourth-order valence-electron chi connectivity index (χ4n) is 1.46. The van der Waals surface area contributed by atoms with Crippen molar-refractivity contribution >= 4 is 6.21 Å². The smallest absolute Gasteiger partial charge is 0.148 e. The lowest BCUT2D eigenvalue weighted by atomic mass is 10.3. The molecule has 0 aliphatic carbocycles. The van der Waals surface area contributed by atoms with Gasteiger partial charge < -0.3 is 16.0 Å². The van der Waals surface area contributed by atoms with E-state index in [0.717, 1.165) is 57.0 Å². The van der Waals surface area contributed by atoms with Crippen LogP contribution in [0.2, 0.25) is 0 Å². The van der Waals surface area contributed by atoms with Gasteiger partial charge in [0.25, 0.3) is 0 Å². The average molecular weight is 237 g/mol. The summed E-state index contributed by atoms with van der Waals surface area (Å²) in [5.41, 5.74) is 6.47. The Morgan fingerprint density at radius 3 is 2.94 bits per heavy atom. The number of hydrogen-bond donors (Lipinski definition) is 3. The van der Waals surface area contributed by atoms with E-state index in [1.54, 1.807) is 12.4 Å². The summed E-state index contributed by atoms with van der Waals surface area (Å²) < 4.78 is 0. The summed E-state index contributed by atoms with van der Waals surface area (Å²) in [6, 6.07) is 0. The summed E-state index contributed by atoms with van der Waals surface area (Å²) in [4.78, 5) is 11.6. The van der Waals surface area contributed by atoms with E-state index in [-0.39, 0.29) is 0 Å². The van der Waals surface area contributed by atoms with Crippen molar-refractivity contribution in [2.24, 2.45) is 10.7 Å². The lowest BCUT2D eigenvalue weighted by Crippen LogP contribution is -2.18. The molecular formula is C12H23N5. The standard InChI is InChI=1S/C12H23N5/c1-11-9-16-12(17-11)10-15-8-4-7-14-6-3-2-5-13/h9-10,14H,2-8,13H2,1H3,(H,16,17). The minimum Gasteiger partial charge on any atom is -0.341 e. The van der Waals surface area contributed by atoms with E-state index in [1.807, 2.05) is 6.92 Å². The van der Waals surface area contributed by atoms with Crippen LogP contribution >= 0.6 is 0 Å². The Hall–Kier alpha value is -1.20. The highest BCUT2D eigenvalue weighted by atomic mass is 14.9. The summed E-state index contributed by atoms with van der Waals surface area (Å²) in [6.07, 6.45) is 6.91. The third kappa shape index (κ3) is 6.86. The van der Waals surface area contributed by atoms with Gasteiger partial charge in [-0.25, -0.2) is 4.98 Å². The zero-order valence-electron chi connectivity index (χ0n) is 10.6. The van der Waals surface area contributed by atoms with Crippen molar-refractivity contribution in [2.45, 2.75) is 26.2 Å². The van der Waals surface area contributed by atoms with Gasteiger partial charge in [-0.05, 0) is 45.8 Å². The summed E-state index contributed by atoms with van der Waals surface area (Å²) in [5, 5.41) is 3.37. The normalized spacial score (nSPS) is 11.4. The Kier molecular flexibility index (Phi) is 7.25. The molecule has 0 saturated heterocycles. The number of rotatable bonds is 9. The number of aromatic nitrogens is 2. The van der Waals surface area contributed by atoms with E-state index in [4.69, 9.17) is 5.73 Å². The summed E-state index contributed by atoms with van der Waals surface area (Å²) in [5.74, 6) is 0.832. The van der Waals surface area contributed by atoms with Crippen LogP contribution in [-0.2, 0) is 0 Å². The molecule has 0 radical (unpaired) electrons. The van der Waals surface area contributed by atoms with Gasteiger partial charge in [0.1, 0.15) is 5.82 Å². The lowest BCUT2D eigenvalue weighted by molar-refractivity contribution is 0.611. The molecule has 0 bridgehead atoms. The SMILES string of the molecule is Cc1cnc(C=NCCCNCCCCN)[nH]1. The maximum atomic E-state index is 5.41. The molecule has 0 fully saturated rings. The van der Waals surface area contributed by atoms with Crippen LogP contribution in [-0.4, -0.2) is 42.4 Å². The quantitative estimate of drug-likeness (QED) is 0.440. The Morgan fingerprint density at radius 1 is 1.41 bits per heavy atom. The molecule has 0 aliphatic rings. The van der Waals surface area contributed by atoms with Crippen LogP contribution in [0.3, 0.4) is 0 Å². The first-order valence-corrected chi connectivity index (χ1v) is 6.25. The first-order valence-electron chi connectivity index (χ1n) is 6.25. The monoisotopic (exact) mass is 237 g/mol. The third-order valence-electron chi connectivity index (χ3n) is 2.38. The molecule has 0 amide bonds. The van der Waals surface area contributed by atoms with Crippen molar-refractivity contribution in [1.29, 1.82) is 0 Å². The van der Waals surface area contributed by atoms with E-state index < -0.39 is 0 Å². The average Bonchev–Trinajstić information content (AvgIpc) is 2.73. The number of nitrogens with zero attached hydrogens (tertiary/aromatic N) is 2. The van der Waals surface area contributed by atoms with Crippen molar-refractivity contribution in [3.63, 3.8) is 0 Å². The zero-order valence-corrected chi connectivity index (χ0v) is 10.6. The first-order chi connectivity index (χ1) is 8.33. The number of nitrogens with one attached hydrogen (secondary N) is 2. The van der Waals surface area contributed by atoms with E-state index in [2.05, 4.69) is 20.3 Å². The molecule has 1 aromatic rings. The molecule has 5 heteroatoms. The van der Waals surface area contributed by atoms with Crippen LogP contribution in [0.1, 0.15) is 30.8 Å². The van der Waals surface area contributed by atoms with E-state index in [1.165, 1.54) is 0 Å². The Labute approximate surface area is 103 Å². The lowest BCUT2D eigenvalue weighted by Gasteiger charge is -2.01. The highest BCUT2D eigenvalue weighted by molar-refractivity contribution is 5.74. The minimum atomic E-state index is 0.786. The van der Waals surface area contributed by atoms with Gasteiger partial charge in [-0.3, -0.25) is 4.99 Å². The molecular weight excluding hydrogens is 214 g/mol. The second kappa shape index (κ2) is 8.90. The van der Waals surface area contributed by atoms with Gasteiger partial charge in [0.2, 0.25) is 0 Å². The predicted molar refractivity (Wildman–Crippen MR) is 71.6 cm³/mol.